The summed E-state index contributed by atoms with van der Waals surface area (Å²) in [5, 5.41) is 0.0506. The molecule has 0 atom stereocenters. The molecule has 8 heteroatoms. The van der Waals surface area contributed by atoms with Gasteiger partial charge in [-0.1, -0.05) is 26.8 Å². The first-order chi connectivity index (χ1) is 17.4. The van der Waals surface area contributed by atoms with E-state index in [4.69, 9.17) is 13.9 Å². The summed E-state index contributed by atoms with van der Waals surface area (Å²) in [5.74, 6) is 0.447. The SMILES string of the molecule is COC(=O)c1ccc(N(CCO[Si](C)(C)C(C)(C)C)c2cc(C3CC3)cc(C3CC3)c2)c(OC(F)F)c1. The molecule has 2 fully saturated rings. The predicted octanol–water partition coefficient (Wildman–Crippen LogP) is 7.99. The van der Waals surface area contributed by atoms with Gasteiger partial charge in [0, 0.05) is 12.2 Å². The number of anilines is 2. The first kappa shape index (κ1) is 27.6. The van der Waals surface area contributed by atoms with Crippen molar-refractivity contribution in [3.05, 3.63) is 53.1 Å². The van der Waals surface area contributed by atoms with Crippen LogP contribution >= 0.6 is 0 Å². The summed E-state index contributed by atoms with van der Waals surface area (Å²) in [6, 6.07) is 11.3. The minimum Gasteiger partial charge on any atom is -0.465 e. The van der Waals surface area contributed by atoms with E-state index in [0.717, 1.165) is 5.69 Å². The molecule has 2 aromatic rings. The predicted molar refractivity (Wildman–Crippen MR) is 145 cm³/mol. The van der Waals surface area contributed by atoms with Crippen LogP contribution in [-0.4, -0.2) is 41.2 Å². The zero-order valence-electron chi connectivity index (χ0n) is 22.8. The largest absolute Gasteiger partial charge is 0.465 e. The van der Waals surface area contributed by atoms with Crippen molar-refractivity contribution in [3.63, 3.8) is 0 Å². The smallest absolute Gasteiger partial charge is 0.387 e. The molecule has 0 bridgehead atoms. The number of hydrogen-bond donors (Lipinski definition) is 0. The maximum Gasteiger partial charge on any atom is 0.387 e. The average Bonchev–Trinajstić information content (AvgIpc) is 3.73. The molecule has 0 radical (unpaired) electrons. The maximum atomic E-state index is 13.5. The number of ether oxygens (including phenoxy) is 2. The number of methoxy groups -OCH3 is 1. The molecule has 2 saturated carbocycles. The fraction of sp³-hybridized carbons (Fsp3) is 0.552. The Bertz CT molecular complexity index is 1090. The third-order valence-electron chi connectivity index (χ3n) is 7.84. The van der Waals surface area contributed by atoms with Gasteiger partial charge in [-0.3, -0.25) is 0 Å². The van der Waals surface area contributed by atoms with E-state index in [1.54, 1.807) is 12.1 Å². The summed E-state index contributed by atoms with van der Waals surface area (Å²) in [5.41, 5.74) is 4.18. The van der Waals surface area contributed by atoms with Crippen LogP contribution in [0.5, 0.6) is 5.75 Å². The molecule has 0 N–H and O–H groups in total. The Morgan fingerprint density at radius 3 is 2.11 bits per heavy atom. The monoisotopic (exact) mass is 531 g/mol. The van der Waals surface area contributed by atoms with E-state index in [1.807, 2.05) is 4.90 Å². The van der Waals surface area contributed by atoms with Crippen LogP contribution in [0.15, 0.2) is 36.4 Å². The lowest BCUT2D eigenvalue weighted by atomic mass is 10.0. The second-order valence-corrected chi connectivity index (χ2v) is 16.5. The molecular formula is C29H39F2NO4Si. The van der Waals surface area contributed by atoms with Crippen LogP contribution in [0.25, 0.3) is 0 Å². The second-order valence-electron chi connectivity index (χ2n) is 11.7. The molecular weight excluding hydrogens is 492 g/mol. The van der Waals surface area contributed by atoms with Crippen LogP contribution in [0.1, 0.15) is 79.8 Å². The number of carbonyl (C=O) groups excluding carboxylic acids is 1. The van der Waals surface area contributed by atoms with E-state index in [0.29, 0.717) is 30.7 Å². The zero-order valence-corrected chi connectivity index (χ0v) is 23.8. The number of rotatable bonds is 11. The molecule has 202 valence electrons. The van der Waals surface area contributed by atoms with E-state index >= 15 is 0 Å². The summed E-state index contributed by atoms with van der Waals surface area (Å²) in [6.45, 7) is 8.85. The summed E-state index contributed by atoms with van der Waals surface area (Å²) < 4.78 is 43.2. The highest BCUT2D eigenvalue weighted by atomic mass is 28.4. The Hall–Kier alpha value is -2.45. The van der Waals surface area contributed by atoms with Gasteiger partial charge in [0.25, 0.3) is 0 Å². The molecule has 2 aliphatic rings. The van der Waals surface area contributed by atoms with Crippen molar-refractivity contribution in [1.29, 1.82) is 0 Å². The Balaban J connectivity index is 1.75. The van der Waals surface area contributed by atoms with Gasteiger partial charge in [0.1, 0.15) is 0 Å². The van der Waals surface area contributed by atoms with E-state index in [-0.39, 0.29) is 16.4 Å². The van der Waals surface area contributed by atoms with Gasteiger partial charge in [-0.05, 0) is 97.1 Å². The molecule has 0 unspecified atom stereocenters. The number of benzene rings is 2. The summed E-state index contributed by atoms with van der Waals surface area (Å²) in [7, 11) is -0.758. The molecule has 37 heavy (non-hydrogen) atoms. The molecule has 4 rings (SSSR count). The maximum absolute atomic E-state index is 13.5. The van der Waals surface area contributed by atoms with Gasteiger partial charge >= 0.3 is 12.6 Å². The van der Waals surface area contributed by atoms with Crippen LogP contribution in [-0.2, 0) is 9.16 Å². The number of alkyl halides is 2. The average molecular weight is 532 g/mol. The van der Waals surface area contributed by atoms with Crippen LogP contribution in [0.2, 0.25) is 18.1 Å². The molecule has 0 spiro atoms. The van der Waals surface area contributed by atoms with Gasteiger partial charge in [0.2, 0.25) is 0 Å². The topological polar surface area (TPSA) is 48.0 Å². The van der Waals surface area contributed by atoms with Gasteiger partial charge in [0.15, 0.2) is 14.1 Å². The Morgan fingerprint density at radius 1 is 1.03 bits per heavy atom. The minimum atomic E-state index is -3.03. The highest BCUT2D eigenvalue weighted by Gasteiger charge is 2.37. The highest BCUT2D eigenvalue weighted by Crippen LogP contribution is 2.48. The zero-order chi connectivity index (χ0) is 27.0. The lowest BCUT2D eigenvalue weighted by Gasteiger charge is -2.37. The Kier molecular flexibility index (Phi) is 8.00. The van der Waals surface area contributed by atoms with Crippen LogP contribution in [0.4, 0.5) is 20.2 Å². The highest BCUT2D eigenvalue weighted by molar-refractivity contribution is 6.74. The lowest BCUT2D eigenvalue weighted by Crippen LogP contribution is -2.42. The molecule has 0 aliphatic heterocycles. The first-order valence-electron chi connectivity index (χ1n) is 13.1. The van der Waals surface area contributed by atoms with Crippen molar-refractivity contribution in [2.45, 2.75) is 83.0 Å². The normalized spacial score (nSPS) is 16.1. The molecule has 2 aliphatic carbocycles. The number of hydrogen-bond acceptors (Lipinski definition) is 5. The number of carbonyl (C=O) groups is 1. The summed E-state index contributed by atoms with van der Waals surface area (Å²) in [4.78, 5) is 14.1. The van der Waals surface area contributed by atoms with E-state index in [1.165, 1.54) is 50.0 Å². The molecule has 0 amide bonds. The number of esters is 1. The van der Waals surface area contributed by atoms with Crippen molar-refractivity contribution < 1.29 is 27.5 Å². The van der Waals surface area contributed by atoms with Crippen molar-refractivity contribution in [2.24, 2.45) is 0 Å². The third-order valence-corrected chi connectivity index (χ3v) is 12.4. The number of nitrogens with zero attached hydrogens (tertiary/aromatic N) is 1. The van der Waals surface area contributed by atoms with Crippen LogP contribution in [0, 0.1) is 0 Å². The van der Waals surface area contributed by atoms with E-state index in [2.05, 4.69) is 52.1 Å². The van der Waals surface area contributed by atoms with Crippen molar-refractivity contribution in [1.82, 2.24) is 0 Å². The van der Waals surface area contributed by atoms with E-state index < -0.39 is 20.9 Å². The lowest BCUT2D eigenvalue weighted by molar-refractivity contribution is -0.0495. The number of halogens is 2. The second kappa shape index (κ2) is 10.7. The van der Waals surface area contributed by atoms with Crippen molar-refractivity contribution >= 4 is 25.7 Å². The minimum absolute atomic E-state index is 0.0506. The standard InChI is InChI=1S/C29H39F2NO4Si/c1-29(2,3)37(5,6)35-14-13-32(24-16-22(19-7-8-19)15-23(17-24)20-9-10-20)25-12-11-21(27(33)34-4)18-26(25)36-28(30)31/h11-12,15-20,28H,7-10,13-14H2,1-6H3. The molecule has 2 aromatic carbocycles. The van der Waals surface area contributed by atoms with Gasteiger partial charge in [-0.15, -0.1) is 0 Å². The molecule has 5 nitrogen and oxygen atoms in total. The fourth-order valence-corrected chi connectivity index (χ4v) is 5.32. The summed E-state index contributed by atoms with van der Waals surface area (Å²) in [6.07, 6.45) is 4.70. The van der Waals surface area contributed by atoms with Crippen LogP contribution < -0.4 is 9.64 Å². The Morgan fingerprint density at radius 2 is 1.62 bits per heavy atom. The molecule has 0 aromatic heterocycles. The van der Waals surface area contributed by atoms with Gasteiger partial charge in [0.05, 0.1) is 25.0 Å². The Labute approximate surface area is 220 Å². The summed E-state index contributed by atoms with van der Waals surface area (Å²) >= 11 is 0. The molecule has 0 saturated heterocycles. The van der Waals surface area contributed by atoms with Gasteiger partial charge in [-0.2, -0.15) is 8.78 Å². The van der Waals surface area contributed by atoms with Crippen molar-refractivity contribution in [2.75, 3.05) is 25.2 Å². The third kappa shape index (κ3) is 6.71. The molecule has 0 heterocycles. The quantitative estimate of drug-likeness (QED) is 0.217. The van der Waals surface area contributed by atoms with E-state index in [9.17, 15) is 13.6 Å². The van der Waals surface area contributed by atoms with Gasteiger partial charge < -0.3 is 18.8 Å². The van der Waals surface area contributed by atoms with Crippen molar-refractivity contribution in [3.8, 4) is 5.75 Å². The van der Waals surface area contributed by atoms with Gasteiger partial charge in [-0.25, -0.2) is 4.79 Å². The first-order valence-corrected chi connectivity index (χ1v) is 16.0. The van der Waals surface area contributed by atoms with Crippen LogP contribution in [0.3, 0.4) is 0 Å². The fourth-order valence-electron chi connectivity index (χ4n) is 4.29.